The van der Waals surface area contributed by atoms with Crippen LogP contribution in [-0.2, 0) is 11.2 Å². The van der Waals surface area contributed by atoms with Crippen LogP contribution in [0, 0.1) is 6.92 Å². The number of rotatable bonds is 10. The molecule has 1 fully saturated rings. The van der Waals surface area contributed by atoms with Gasteiger partial charge in [0, 0.05) is 36.7 Å². The van der Waals surface area contributed by atoms with Crippen molar-refractivity contribution >= 4 is 35.0 Å². The summed E-state index contributed by atoms with van der Waals surface area (Å²) < 4.78 is 0.733. The number of amides is 1. The van der Waals surface area contributed by atoms with E-state index in [1.807, 2.05) is 4.90 Å². The van der Waals surface area contributed by atoms with E-state index in [-0.39, 0.29) is 17.6 Å². The molecule has 1 aliphatic rings. The molecule has 0 radical (unpaired) electrons. The second kappa shape index (κ2) is 10.0. The number of hydrogen-bond donors (Lipinski definition) is 2. The normalized spacial score (nSPS) is 16.7. The Hall–Kier alpha value is -1.90. The number of nitrogens with one attached hydrogen (secondary N) is 1. The van der Waals surface area contributed by atoms with Gasteiger partial charge in [0.2, 0.25) is 5.91 Å². The number of thioether (sulfide) groups is 1. The zero-order chi connectivity index (χ0) is 19.9. The summed E-state index contributed by atoms with van der Waals surface area (Å²) in [5, 5.41) is 14.0. The van der Waals surface area contributed by atoms with Crippen LogP contribution >= 0.6 is 23.1 Å². The third kappa shape index (κ3) is 5.80. The van der Waals surface area contributed by atoms with Crippen molar-refractivity contribution in [2.75, 3.05) is 25.4 Å². The van der Waals surface area contributed by atoms with Crippen LogP contribution in [0.5, 0.6) is 0 Å². The maximum Gasteiger partial charge on any atom is 0.355 e. The highest BCUT2D eigenvalue weighted by atomic mass is 32.2. The number of carboxylic acid groups (broad SMARTS) is 1. The molecule has 1 atom stereocenters. The molecule has 0 aliphatic carbocycles. The monoisotopic (exact) mass is 419 g/mol. The molecule has 1 aromatic carbocycles. The molecule has 1 aliphatic heterocycles. The first-order valence-electron chi connectivity index (χ1n) is 9.40. The molecule has 6 nitrogen and oxygen atoms in total. The Morgan fingerprint density at radius 1 is 1.39 bits per heavy atom. The van der Waals surface area contributed by atoms with Crippen molar-refractivity contribution in [2.45, 2.75) is 36.6 Å². The summed E-state index contributed by atoms with van der Waals surface area (Å²) in [6, 6.07) is 8.82. The van der Waals surface area contributed by atoms with E-state index in [4.69, 9.17) is 5.11 Å². The first-order valence-corrected chi connectivity index (χ1v) is 11.3. The van der Waals surface area contributed by atoms with E-state index in [0.717, 1.165) is 36.0 Å². The molecule has 2 heterocycles. The lowest BCUT2D eigenvalue weighted by atomic mass is 10.1. The number of carbonyl (C=O) groups is 2. The predicted molar refractivity (Wildman–Crippen MR) is 112 cm³/mol. The average Bonchev–Trinajstić information content (AvgIpc) is 3.28. The molecule has 28 heavy (non-hydrogen) atoms. The number of aromatic nitrogens is 1. The van der Waals surface area contributed by atoms with E-state index < -0.39 is 5.97 Å². The average molecular weight is 420 g/mol. The van der Waals surface area contributed by atoms with Crippen molar-refractivity contribution in [2.24, 2.45) is 0 Å². The molecule has 1 unspecified atom stereocenters. The van der Waals surface area contributed by atoms with E-state index in [1.54, 1.807) is 5.38 Å². The maximum atomic E-state index is 12.2. The number of aryl methyl sites for hydroxylation is 1. The Balaban J connectivity index is 1.39. The van der Waals surface area contributed by atoms with Crippen molar-refractivity contribution < 1.29 is 14.7 Å². The Kier molecular flexibility index (Phi) is 7.47. The molecular weight excluding hydrogens is 394 g/mol. The second-order valence-corrected chi connectivity index (χ2v) is 9.07. The third-order valence-electron chi connectivity index (χ3n) is 4.80. The number of thiazole rings is 1. The van der Waals surface area contributed by atoms with Crippen LogP contribution in [0.4, 0.5) is 0 Å². The largest absolute Gasteiger partial charge is 0.476 e. The first kappa shape index (κ1) is 20.8. The minimum Gasteiger partial charge on any atom is -0.476 e. The summed E-state index contributed by atoms with van der Waals surface area (Å²) in [6.07, 6.45) is 2.48. The molecule has 0 bridgehead atoms. The van der Waals surface area contributed by atoms with Crippen LogP contribution in [-0.4, -0.2) is 58.3 Å². The molecule has 0 saturated carbocycles. The topological polar surface area (TPSA) is 82.5 Å². The summed E-state index contributed by atoms with van der Waals surface area (Å²) in [6.45, 7) is 4.46. The molecular formula is C20H25N3O3S2. The zero-order valence-electron chi connectivity index (χ0n) is 15.9. The summed E-state index contributed by atoms with van der Waals surface area (Å²) in [4.78, 5) is 29.1. The summed E-state index contributed by atoms with van der Waals surface area (Å²) >= 11 is 2.84. The van der Waals surface area contributed by atoms with Gasteiger partial charge in [-0.05, 0) is 31.9 Å². The number of carboxylic acids is 1. The van der Waals surface area contributed by atoms with Gasteiger partial charge in [-0.2, -0.15) is 0 Å². The Labute approximate surface area is 173 Å². The molecule has 1 saturated heterocycles. The van der Waals surface area contributed by atoms with E-state index >= 15 is 0 Å². The van der Waals surface area contributed by atoms with Gasteiger partial charge in [0.05, 0.1) is 0 Å². The Bertz CT molecular complexity index is 807. The van der Waals surface area contributed by atoms with E-state index in [2.05, 4.69) is 41.5 Å². The smallest absolute Gasteiger partial charge is 0.355 e. The maximum absolute atomic E-state index is 12.2. The van der Waals surface area contributed by atoms with Crippen LogP contribution in [0.2, 0.25) is 0 Å². The van der Waals surface area contributed by atoms with Gasteiger partial charge in [0.15, 0.2) is 10.0 Å². The second-order valence-electron chi connectivity index (χ2n) is 6.87. The van der Waals surface area contributed by atoms with Gasteiger partial charge in [0.1, 0.15) is 0 Å². The molecule has 3 rings (SSSR count). The van der Waals surface area contributed by atoms with Crippen molar-refractivity contribution in [3.8, 4) is 0 Å². The number of aromatic carboxylic acids is 1. The standard InChI is InChI=1S/C20H25N3O3S2/c1-14-2-4-15(5-3-14)8-9-21-12-16-6-7-18(24)23(16)10-11-27-20-22-17(13-28-20)19(25)26/h2-5,13,16,21H,6-12H2,1H3,(H,25,26). The van der Waals surface area contributed by atoms with Gasteiger partial charge in [-0.1, -0.05) is 41.6 Å². The number of benzene rings is 1. The van der Waals surface area contributed by atoms with Crippen molar-refractivity contribution in [1.82, 2.24) is 15.2 Å². The zero-order valence-corrected chi connectivity index (χ0v) is 17.5. The van der Waals surface area contributed by atoms with Gasteiger partial charge in [-0.3, -0.25) is 4.79 Å². The fourth-order valence-corrected chi connectivity index (χ4v) is 5.03. The summed E-state index contributed by atoms with van der Waals surface area (Å²) in [5.41, 5.74) is 2.67. The number of carbonyl (C=O) groups excluding carboxylic acids is 1. The molecule has 150 valence electrons. The van der Waals surface area contributed by atoms with Gasteiger partial charge >= 0.3 is 5.97 Å². The summed E-state index contributed by atoms with van der Waals surface area (Å²) in [7, 11) is 0. The highest BCUT2D eigenvalue weighted by Gasteiger charge is 2.30. The van der Waals surface area contributed by atoms with Crippen LogP contribution in [0.1, 0.15) is 34.5 Å². The van der Waals surface area contributed by atoms with E-state index in [0.29, 0.717) is 13.0 Å². The molecule has 0 spiro atoms. The number of nitrogens with zero attached hydrogens (tertiary/aromatic N) is 2. The predicted octanol–water partition coefficient (Wildman–Crippen LogP) is 3.07. The fourth-order valence-electron chi connectivity index (χ4n) is 3.22. The minimum absolute atomic E-state index is 0.0837. The molecule has 1 amide bonds. The fraction of sp³-hybridized carbons (Fsp3) is 0.450. The Morgan fingerprint density at radius 2 is 2.18 bits per heavy atom. The quantitative estimate of drug-likeness (QED) is 0.455. The van der Waals surface area contributed by atoms with Crippen LogP contribution in [0.15, 0.2) is 34.0 Å². The lowest BCUT2D eigenvalue weighted by molar-refractivity contribution is -0.128. The summed E-state index contributed by atoms with van der Waals surface area (Å²) in [5.74, 6) is -0.0797. The van der Waals surface area contributed by atoms with Gasteiger partial charge in [-0.15, -0.1) is 11.3 Å². The van der Waals surface area contributed by atoms with E-state index in [1.165, 1.54) is 34.2 Å². The molecule has 2 aromatic rings. The molecule has 2 N–H and O–H groups in total. The van der Waals surface area contributed by atoms with Gasteiger partial charge in [-0.25, -0.2) is 9.78 Å². The SMILES string of the molecule is Cc1ccc(CCNCC2CCC(=O)N2CCSc2nc(C(=O)O)cs2)cc1. The van der Waals surface area contributed by atoms with Crippen LogP contribution in [0.25, 0.3) is 0 Å². The molecule has 8 heteroatoms. The Morgan fingerprint density at radius 3 is 2.89 bits per heavy atom. The third-order valence-corrected chi connectivity index (χ3v) is 6.80. The van der Waals surface area contributed by atoms with Crippen molar-refractivity contribution in [3.05, 3.63) is 46.5 Å². The van der Waals surface area contributed by atoms with Crippen molar-refractivity contribution in [3.63, 3.8) is 0 Å². The number of likely N-dealkylation sites (tertiary alicyclic amines) is 1. The van der Waals surface area contributed by atoms with E-state index in [9.17, 15) is 9.59 Å². The van der Waals surface area contributed by atoms with Gasteiger partial charge in [0.25, 0.3) is 0 Å². The molecule has 1 aromatic heterocycles. The minimum atomic E-state index is -1.01. The van der Waals surface area contributed by atoms with Crippen molar-refractivity contribution in [1.29, 1.82) is 0 Å². The highest BCUT2D eigenvalue weighted by molar-refractivity contribution is 8.01. The highest BCUT2D eigenvalue weighted by Crippen LogP contribution is 2.24. The lowest BCUT2D eigenvalue weighted by Gasteiger charge is -2.25. The first-order chi connectivity index (χ1) is 13.5. The van der Waals surface area contributed by atoms with Gasteiger partial charge < -0.3 is 15.3 Å². The van der Waals surface area contributed by atoms with Crippen LogP contribution in [0.3, 0.4) is 0 Å². The lowest BCUT2D eigenvalue weighted by Crippen LogP contribution is -2.41. The number of hydrogen-bond acceptors (Lipinski definition) is 6. The van der Waals surface area contributed by atoms with Crippen LogP contribution < -0.4 is 5.32 Å².